The molecule has 0 saturated heterocycles. The van der Waals surface area contributed by atoms with E-state index in [1.54, 1.807) is 17.4 Å². The van der Waals surface area contributed by atoms with Crippen LogP contribution in [-0.2, 0) is 17.6 Å². The van der Waals surface area contributed by atoms with Crippen molar-refractivity contribution < 1.29 is 9.18 Å². The summed E-state index contributed by atoms with van der Waals surface area (Å²) >= 11 is 3.11. The summed E-state index contributed by atoms with van der Waals surface area (Å²) in [6.07, 6.45) is 1.09. The normalized spacial score (nSPS) is 10.7. The minimum atomic E-state index is -0.287. The molecule has 2 heterocycles. The zero-order valence-electron chi connectivity index (χ0n) is 12.3. The van der Waals surface area contributed by atoms with E-state index in [0.717, 1.165) is 17.0 Å². The molecule has 6 heteroatoms. The van der Waals surface area contributed by atoms with E-state index in [2.05, 4.69) is 16.4 Å². The van der Waals surface area contributed by atoms with Gasteiger partial charge in [0.1, 0.15) is 10.8 Å². The topological polar surface area (TPSA) is 42.0 Å². The number of carbonyl (C=O) groups is 1. The van der Waals surface area contributed by atoms with E-state index in [-0.39, 0.29) is 18.1 Å². The van der Waals surface area contributed by atoms with Crippen LogP contribution >= 0.6 is 22.7 Å². The summed E-state index contributed by atoms with van der Waals surface area (Å²) in [5, 5.41) is 7.50. The minimum absolute atomic E-state index is 0.0438. The Bertz CT molecular complexity index is 784. The summed E-state index contributed by atoms with van der Waals surface area (Å²) in [4.78, 5) is 17.6. The number of aromatic nitrogens is 1. The van der Waals surface area contributed by atoms with Gasteiger partial charge in [-0.15, -0.1) is 22.7 Å². The number of thiophene rings is 1. The summed E-state index contributed by atoms with van der Waals surface area (Å²) in [5.74, 6) is -0.330. The monoisotopic (exact) mass is 346 g/mol. The highest BCUT2D eigenvalue weighted by Gasteiger charge is 2.09. The number of carbonyl (C=O) groups excluding carboxylic acids is 1. The van der Waals surface area contributed by atoms with Gasteiger partial charge in [-0.2, -0.15) is 0 Å². The molecular weight excluding hydrogens is 331 g/mol. The molecule has 0 radical (unpaired) electrons. The Morgan fingerprint density at radius 3 is 2.91 bits per heavy atom. The van der Waals surface area contributed by atoms with Crippen LogP contribution in [0.4, 0.5) is 4.39 Å². The van der Waals surface area contributed by atoms with Gasteiger partial charge in [-0.05, 0) is 30.0 Å². The van der Waals surface area contributed by atoms with Crippen LogP contribution in [-0.4, -0.2) is 17.4 Å². The standard InChI is InChI=1S/C17H15FN2OS2/c18-13-4-1-3-12(9-13)17-20-14(11-23-17)10-16(21)19-7-6-15-5-2-8-22-15/h1-5,8-9,11H,6-7,10H2,(H,19,21). The van der Waals surface area contributed by atoms with E-state index in [0.29, 0.717) is 12.2 Å². The van der Waals surface area contributed by atoms with Gasteiger partial charge in [-0.25, -0.2) is 9.37 Å². The van der Waals surface area contributed by atoms with E-state index in [4.69, 9.17) is 0 Å². The fourth-order valence-corrected chi connectivity index (χ4v) is 3.67. The van der Waals surface area contributed by atoms with Crippen molar-refractivity contribution in [2.75, 3.05) is 6.54 Å². The molecule has 0 atom stereocenters. The molecule has 3 nitrogen and oxygen atoms in total. The lowest BCUT2D eigenvalue weighted by molar-refractivity contribution is -0.120. The summed E-state index contributed by atoms with van der Waals surface area (Å²) in [7, 11) is 0. The molecule has 0 fully saturated rings. The molecule has 3 rings (SSSR count). The van der Waals surface area contributed by atoms with Crippen LogP contribution in [0.1, 0.15) is 10.6 Å². The molecule has 0 aliphatic heterocycles. The summed E-state index contributed by atoms with van der Waals surface area (Å²) < 4.78 is 13.2. The largest absolute Gasteiger partial charge is 0.355 e. The number of amides is 1. The molecule has 23 heavy (non-hydrogen) atoms. The van der Waals surface area contributed by atoms with Gasteiger partial charge in [0.2, 0.25) is 5.91 Å². The molecule has 1 amide bonds. The Kier molecular flexibility index (Phi) is 5.15. The van der Waals surface area contributed by atoms with Gasteiger partial charge in [0, 0.05) is 22.4 Å². The van der Waals surface area contributed by atoms with Crippen molar-refractivity contribution in [3.8, 4) is 10.6 Å². The van der Waals surface area contributed by atoms with Gasteiger partial charge < -0.3 is 5.32 Å². The third-order valence-corrected chi connectivity index (χ3v) is 5.12. The molecule has 118 valence electrons. The Morgan fingerprint density at radius 2 is 2.13 bits per heavy atom. The molecule has 0 aliphatic carbocycles. The van der Waals surface area contributed by atoms with Gasteiger partial charge in [0.25, 0.3) is 0 Å². The van der Waals surface area contributed by atoms with E-state index in [9.17, 15) is 9.18 Å². The van der Waals surface area contributed by atoms with Crippen molar-refractivity contribution in [2.24, 2.45) is 0 Å². The number of benzene rings is 1. The number of rotatable bonds is 6. The lowest BCUT2D eigenvalue weighted by Gasteiger charge is -2.02. The second-order valence-electron chi connectivity index (χ2n) is 5.01. The van der Waals surface area contributed by atoms with Crippen molar-refractivity contribution in [1.29, 1.82) is 0 Å². The van der Waals surface area contributed by atoms with E-state index >= 15 is 0 Å². The highest BCUT2D eigenvalue weighted by Crippen LogP contribution is 2.24. The van der Waals surface area contributed by atoms with E-state index < -0.39 is 0 Å². The molecule has 2 aromatic heterocycles. The van der Waals surface area contributed by atoms with E-state index in [1.807, 2.05) is 22.9 Å². The number of hydrogen-bond acceptors (Lipinski definition) is 4. The van der Waals surface area contributed by atoms with Gasteiger partial charge in [-0.3, -0.25) is 4.79 Å². The lowest BCUT2D eigenvalue weighted by atomic mass is 10.2. The molecular formula is C17H15FN2OS2. The fraction of sp³-hybridized carbons (Fsp3) is 0.176. The third-order valence-electron chi connectivity index (χ3n) is 3.24. The van der Waals surface area contributed by atoms with Crippen LogP contribution in [0.5, 0.6) is 0 Å². The highest BCUT2D eigenvalue weighted by atomic mass is 32.1. The highest BCUT2D eigenvalue weighted by molar-refractivity contribution is 7.13. The van der Waals surface area contributed by atoms with Gasteiger partial charge in [-0.1, -0.05) is 18.2 Å². The molecule has 0 saturated carbocycles. The molecule has 0 unspecified atom stereocenters. The average Bonchev–Trinajstić information content (AvgIpc) is 3.19. The second kappa shape index (κ2) is 7.48. The third kappa shape index (κ3) is 4.46. The maximum absolute atomic E-state index is 13.2. The van der Waals surface area contributed by atoms with Crippen LogP contribution in [0.3, 0.4) is 0 Å². The van der Waals surface area contributed by atoms with E-state index in [1.165, 1.54) is 28.3 Å². The predicted molar refractivity (Wildman–Crippen MR) is 92.2 cm³/mol. The van der Waals surface area contributed by atoms with Crippen LogP contribution in [0, 0.1) is 5.82 Å². The maximum Gasteiger partial charge on any atom is 0.226 e. The summed E-state index contributed by atoms with van der Waals surface area (Å²) in [5.41, 5.74) is 1.45. The number of hydrogen-bond donors (Lipinski definition) is 1. The SMILES string of the molecule is O=C(Cc1csc(-c2cccc(F)c2)n1)NCCc1cccs1. The number of halogens is 1. The lowest BCUT2D eigenvalue weighted by Crippen LogP contribution is -2.27. The molecule has 0 spiro atoms. The van der Waals surface area contributed by atoms with Crippen LogP contribution < -0.4 is 5.32 Å². The first-order valence-electron chi connectivity index (χ1n) is 7.20. The van der Waals surface area contributed by atoms with Crippen molar-refractivity contribution in [3.63, 3.8) is 0 Å². The number of nitrogens with zero attached hydrogens (tertiary/aromatic N) is 1. The smallest absolute Gasteiger partial charge is 0.226 e. The van der Waals surface area contributed by atoms with Gasteiger partial charge in [0.15, 0.2) is 0 Å². The number of nitrogens with one attached hydrogen (secondary N) is 1. The van der Waals surface area contributed by atoms with Crippen molar-refractivity contribution in [3.05, 3.63) is 63.5 Å². The molecule has 0 bridgehead atoms. The van der Waals surface area contributed by atoms with Crippen molar-refractivity contribution in [2.45, 2.75) is 12.8 Å². The van der Waals surface area contributed by atoms with Crippen molar-refractivity contribution >= 4 is 28.6 Å². The van der Waals surface area contributed by atoms with Gasteiger partial charge >= 0.3 is 0 Å². The zero-order chi connectivity index (χ0) is 16.1. The quantitative estimate of drug-likeness (QED) is 0.735. The first-order valence-corrected chi connectivity index (χ1v) is 8.96. The van der Waals surface area contributed by atoms with Crippen LogP contribution in [0.2, 0.25) is 0 Å². The Hall–Kier alpha value is -2.05. The first-order chi connectivity index (χ1) is 11.2. The van der Waals surface area contributed by atoms with Crippen LogP contribution in [0.25, 0.3) is 10.6 Å². The number of thiazole rings is 1. The van der Waals surface area contributed by atoms with Crippen molar-refractivity contribution in [1.82, 2.24) is 10.3 Å². The minimum Gasteiger partial charge on any atom is -0.355 e. The second-order valence-corrected chi connectivity index (χ2v) is 6.90. The molecule has 1 aromatic carbocycles. The summed E-state index contributed by atoms with van der Waals surface area (Å²) in [6.45, 7) is 0.625. The zero-order valence-corrected chi connectivity index (χ0v) is 13.9. The first kappa shape index (κ1) is 15.8. The Labute approximate surface area is 141 Å². The summed E-state index contributed by atoms with van der Waals surface area (Å²) in [6, 6.07) is 10.4. The Morgan fingerprint density at radius 1 is 1.22 bits per heavy atom. The van der Waals surface area contributed by atoms with Gasteiger partial charge in [0.05, 0.1) is 12.1 Å². The van der Waals surface area contributed by atoms with Crippen LogP contribution in [0.15, 0.2) is 47.2 Å². The average molecular weight is 346 g/mol. The Balaban J connectivity index is 1.53. The molecule has 1 N–H and O–H groups in total. The molecule has 3 aromatic rings. The molecule has 0 aliphatic rings. The maximum atomic E-state index is 13.2. The fourth-order valence-electron chi connectivity index (χ4n) is 2.15. The predicted octanol–water partition coefficient (Wildman–Crippen LogP) is 3.91.